The third-order valence-electron chi connectivity index (χ3n) is 4.40. The summed E-state index contributed by atoms with van der Waals surface area (Å²) in [4.78, 5) is 25.6. The predicted octanol–water partition coefficient (Wildman–Crippen LogP) is 3.07. The average molecular weight is 357 g/mol. The van der Waals surface area contributed by atoms with Crippen LogP contribution >= 0.6 is 0 Å². The highest BCUT2D eigenvalue weighted by molar-refractivity contribution is 6.01. The van der Waals surface area contributed by atoms with E-state index in [4.69, 9.17) is 5.21 Å². The first kappa shape index (κ1) is 17.9. The first-order valence-corrected chi connectivity index (χ1v) is 8.45. The molecule has 1 atom stereocenters. The van der Waals surface area contributed by atoms with Crippen LogP contribution in [-0.2, 0) is 4.79 Å². The lowest BCUT2D eigenvalue weighted by molar-refractivity contribution is -0.129. The summed E-state index contributed by atoms with van der Waals surface area (Å²) in [6, 6.07) is 13.5. The van der Waals surface area contributed by atoms with Crippen molar-refractivity contribution in [1.82, 2.24) is 10.4 Å². The number of hydroxylamine groups is 1. The first-order valence-electron chi connectivity index (χ1n) is 8.45. The molecule has 1 unspecified atom stereocenters. The van der Waals surface area contributed by atoms with Crippen LogP contribution in [0.1, 0.15) is 41.3 Å². The summed E-state index contributed by atoms with van der Waals surface area (Å²) < 4.78 is 14.3. The van der Waals surface area contributed by atoms with Crippen LogP contribution in [0.25, 0.3) is 0 Å². The molecule has 7 heteroatoms. The summed E-state index contributed by atoms with van der Waals surface area (Å²) in [5.41, 5.74) is 3.18. The SMILES string of the molecule is O=C(CCCCN1C(=O)c2ccccc2NC1c1ccccc1F)NO. The van der Waals surface area contributed by atoms with Crippen molar-refractivity contribution < 1.29 is 19.2 Å². The van der Waals surface area contributed by atoms with Gasteiger partial charge in [0.15, 0.2) is 0 Å². The second-order valence-electron chi connectivity index (χ2n) is 6.10. The second kappa shape index (κ2) is 7.97. The molecule has 2 aromatic rings. The molecule has 0 saturated carbocycles. The van der Waals surface area contributed by atoms with Gasteiger partial charge in [0.05, 0.1) is 5.56 Å². The molecule has 1 aliphatic rings. The number of hydrogen-bond acceptors (Lipinski definition) is 4. The highest BCUT2D eigenvalue weighted by Crippen LogP contribution is 2.34. The predicted molar refractivity (Wildman–Crippen MR) is 94.0 cm³/mol. The van der Waals surface area contributed by atoms with E-state index in [2.05, 4.69) is 5.32 Å². The summed E-state index contributed by atoms with van der Waals surface area (Å²) in [5, 5.41) is 11.8. The number of carbonyl (C=O) groups is 2. The van der Waals surface area contributed by atoms with Crippen LogP contribution in [0.4, 0.5) is 10.1 Å². The molecular weight excluding hydrogens is 337 g/mol. The number of halogens is 1. The van der Waals surface area contributed by atoms with Gasteiger partial charge in [0, 0.05) is 24.2 Å². The van der Waals surface area contributed by atoms with Gasteiger partial charge in [-0.2, -0.15) is 0 Å². The van der Waals surface area contributed by atoms with Crippen LogP contribution in [0, 0.1) is 5.82 Å². The molecule has 3 rings (SSSR count). The van der Waals surface area contributed by atoms with E-state index in [9.17, 15) is 14.0 Å². The number of amides is 2. The lowest BCUT2D eigenvalue weighted by atomic mass is 10.0. The fourth-order valence-corrected chi connectivity index (χ4v) is 3.09. The van der Waals surface area contributed by atoms with E-state index in [1.165, 1.54) is 6.07 Å². The maximum atomic E-state index is 14.3. The molecule has 6 nitrogen and oxygen atoms in total. The van der Waals surface area contributed by atoms with E-state index in [1.54, 1.807) is 46.8 Å². The van der Waals surface area contributed by atoms with Crippen molar-refractivity contribution in [2.75, 3.05) is 11.9 Å². The van der Waals surface area contributed by atoms with Crippen molar-refractivity contribution in [2.24, 2.45) is 0 Å². The van der Waals surface area contributed by atoms with Crippen LogP contribution in [0.3, 0.4) is 0 Å². The molecule has 0 saturated heterocycles. The molecule has 1 heterocycles. The average Bonchev–Trinajstić information content (AvgIpc) is 2.66. The zero-order valence-corrected chi connectivity index (χ0v) is 14.1. The molecule has 0 aromatic heterocycles. The van der Waals surface area contributed by atoms with Gasteiger partial charge in [0.25, 0.3) is 5.91 Å². The van der Waals surface area contributed by atoms with Crippen molar-refractivity contribution in [3.05, 3.63) is 65.5 Å². The summed E-state index contributed by atoms with van der Waals surface area (Å²) in [6.45, 7) is 0.359. The van der Waals surface area contributed by atoms with E-state index < -0.39 is 12.1 Å². The number of unbranched alkanes of at least 4 members (excludes halogenated alkanes) is 1. The molecule has 3 N–H and O–H groups in total. The van der Waals surface area contributed by atoms with Gasteiger partial charge in [-0.3, -0.25) is 14.8 Å². The quantitative estimate of drug-likeness (QED) is 0.422. The van der Waals surface area contributed by atoms with Crippen LogP contribution in [-0.4, -0.2) is 28.5 Å². The number of hydrogen-bond donors (Lipinski definition) is 3. The van der Waals surface area contributed by atoms with Crippen molar-refractivity contribution in [3.63, 3.8) is 0 Å². The Morgan fingerprint density at radius 2 is 1.88 bits per heavy atom. The lowest BCUT2D eigenvalue weighted by Crippen LogP contribution is -2.43. The van der Waals surface area contributed by atoms with E-state index in [0.29, 0.717) is 36.2 Å². The highest BCUT2D eigenvalue weighted by Gasteiger charge is 2.33. The Kier molecular flexibility index (Phi) is 5.48. The highest BCUT2D eigenvalue weighted by atomic mass is 19.1. The number of carbonyl (C=O) groups excluding carboxylic acids is 2. The molecule has 0 fully saturated rings. The molecule has 1 aliphatic heterocycles. The minimum atomic E-state index is -0.620. The van der Waals surface area contributed by atoms with Crippen LogP contribution in [0.5, 0.6) is 0 Å². The third kappa shape index (κ3) is 3.67. The molecule has 0 spiro atoms. The minimum Gasteiger partial charge on any atom is -0.361 e. The largest absolute Gasteiger partial charge is 0.361 e. The molecule has 0 bridgehead atoms. The molecule has 2 amide bonds. The van der Waals surface area contributed by atoms with Gasteiger partial charge in [-0.15, -0.1) is 0 Å². The Hall–Kier alpha value is -2.93. The van der Waals surface area contributed by atoms with E-state index >= 15 is 0 Å². The third-order valence-corrected chi connectivity index (χ3v) is 4.40. The van der Waals surface area contributed by atoms with Crippen molar-refractivity contribution in [3.8, 4) is 0 Å². The van der Waals surface area contributed by atoms with Crippen LogP contribution < -0.4 is 10.8 Å². The zero-order chi connectivity index (χ0) is 18.5. The van der Waals surface area contributed by atoms with Crippen molar-refractivity contribution in [1.29, 1.82) is 0 Å². The number of para-hydroxylation sites is 1. The van der Waals surface area contributed by atoms with Gasteiger partial charge in [0.1, 0.15) is 12.0 Å². The molecule has 0 aliphatic carbocycles. The smallest absolute Gasteiger partial charge is 0.257 e. The van der Waals surface area contributed by atoms with E-state index in [-0.39, 0.29) is 18.1 Å². The van der Waals surface area contributed by atoms with Gasteiger partial charge in [-0.05, 0) is 31.0 Å². The van der Waals surface area contributed by atoms with Gasteiger partial charge < -0.3 is 10.2 Å². The van der Waals surface area contributed by atoms with Crippen LogP contribution in [0.2, 0.25) is 0 Å². The number of fused-ring (bicyclic) bond motifs is 1. The Morgan fingerprint density at radius 3 is 2.65 bits per heavy atom. The number of nitrogens with zero attached hydrogens (tertiary/aromatic N) is 1. The number of benzene rings is 2. The topological polar surface area (TPSA) is 81.7 Å². The molecule has 0 radical (unpaired) electrons. The Bertz CT molecular complexity index is 812. The Balaban J connectivity index is 1.83. The number of rotatable bonds is 6. The zero-order valence-electron chi connectivity index (χ0n) is 14.1. The van der Waals surface area contributed by atoms with Gasteiger partial charge in [0.2, 0.25) is 5.91 Å². The number of nitrogens with one attached hydrogen (secondary N) is 2. The van der Waals surface area contributed by atoms with Crippen LogP contribution in [0.15, 0.2) is 48.5 Å². The number of anilines is 1. The monoisotopic (exact) mass is 357 g/mol. The Morgan fingerprint density at radius 1 is 1.15 bits per heavy atom. The molecule has 26 heavy (non-hydrogen) atoms. The van der Waals surface area contributed by atoms with Gasteiger partial charge in [-0.25, -0.2) is 9.87 Å². The maximum absolute atomic E-state index is 14.3. The summed E-state index contributed by atoms with van der Waals surface area (Å²) in [5.74, 6) is -1.04. The summed E-state index contributed by atoms with van der Waals surface area (Å²) >= 11 is 0. The summed E-state index contributed by atoms with van der Waals surface area (Å²) in [6.07, 6.45) is 0.591. The van der Waals surface area contributed by atoms with Gasteiger partial charge >= 0.3 is 0 Å². The fourth-order valence-electron chi connectivity index (χ4n) is 3.09. The first-order chi connectivity index (χ1) is 12.6. The fraction of sp³-hybridized carbons (Fsp3) is 0.263. The normalized spacial score (nSPS) is 16.0. The molecule has 2 aromatic carbocycles. The van der Waals surface area contributed by atoms with Crippen molar-refractivity contribution >= 4 is 17.5 Å². The Labute approximate surface area is 150 Å². The van der Waals surface area contributed by atoms with E-state index in [0.717, 1.165) is 0 Å². The van der Waals surface area contributed by atoms with Crippen molar-refractivity contribution in [2.45, 2.75) is 25.4 Å². The van der Waals surface area contributed by atoms with Gasteiger partial charge in [-0.1, -0.05) is 30.3 Å². The second-order valence-corrected chi connectivity index (χ2v) is 6.10. The van der Waals surface area contributed by atoms with E-state index in [1.807, 2.05) is 6.07 Å². The molecule has 136 valence electrons. The molecular formula is C19H20FN3O3. The standard InChI is InChI=1S/C19H20FN3O3/c20-15-9-3-1-7-13(15)18-21-16-10-4-2-8-14(16)19(25)23(18)12-6-5-11-17(24)22-26/h1-4,7-10,18,21,26H,5-6,11-12H2,(H,22,24). The minimum absolute atomic E-state index is 0.160. The lowest BCUT2D eigenvalue weighted by Gasteiger charge is -2.38. The maximum Gasteiger partial charge on any atom is 0.257 e. The summed E-state index contributed by atoms with van der Waals surface area (Å²) in [7, 11) is 0.